The Morgan fingerprint density at radius 2 is 2.20 bits per heavy atom. The standard InChI is InChI=1S/C11H12BrNO.ClH/c12-9-3-1-2-8(6-9)11-7-10(14)4-5-13-11;/h1-3,6,11,13H,4-5,7H2;1H. The van der Waals surface area contributed by atoms with Crippen LogP contribution < -0.4 is 5.32 Å². The van der Waals surface area contributed by atoms with Gasteiger partial charge in [-0.1, -0.05) is 28.1 Å². The minimum absolute atomic E-state index is 0. The highest BCUT2D eigenvalue weighted by molar-refractivity contribution is 9.10. The van der Waals surface area contributed by atoms with Crippen LogP contribution in [0.2, 0.25) is 0 Å². The Morgan fingerprint density at radius 3 is 2.87 bits per heavy atom. The van der Waals surface area contributed by atoms with Crippen molar-refractivity contribution in [2.45, 2.75) is 18.9 Å². The Bertz CT molecular complexity index is 356. The Morgan fingerprint density at radius 1 is 1.40 bits per heavy atom. The monoisotopic (exact) mass is 289 g/mol. The van der Waals surface area contributed by atoms with Gasteiger partial charge in [0, 0.05) is 29.9 Å². The second-order valence-corrected chi connectivity index (χ2v) is 4.47. The molecule has 1 aliphatic rings. The van der Waals surface area contributed by atoms with Crippen LogP contribution >= 0.6 is 28.3 Å². The highest BCUT2D eigenvalue weighted by Crippen LogP contribution is 2.23. The van der Waals surface area contributed by atoms with E-state index in [4.69, 9.17) is 0 Å². The van der Waals surface area contributed by atoms with Gasteiger partial charge in [0.2, 0.25) is 0 Å². The van der Waals surface area contributed by atoms with Crippen LogP contribution in [0, 0.1) is 0 Å². The summed E-state index contributed by atoms with van der Waals surface area (Å²) in [6.45, 7) is 0.802. The van der Waals surface area contributed by atoms with Crippen LogP contribution in [0.4, 0.5) is 0 Å². The molecule has 82 valence electrons. The fraction of sp³-hybridized carbons (Fsp3) is 0.364. The minimum atomic E-state index is 0. The maximum atomic E-state index is 11.3. The lowest BCUT2D eigenvalue weighted by Gasteiger charge is -2.23. The van der Waals surface area contributed by atoms with Crippen LogP contribution in [0.5, 0.6) is 0 Å². The van der Waals surface area contributed by atoms with Crippen molar-refractivity contribution in [3.05, 3.63) is 34.3 Å². The predicted octanol–water partition coefficient (Wildman–Crippen LogP) is 2.86. The van der Waals surface area contributed by atoms with Crippen molar-refractivity contribution in [2.75, 3.05) is 6.54 Å². The van der Waals surface area contributed by atoms with Crippen molar-refractivity contribution in [2.24, 2.45) is 0 Å². The molecule has 2 nitrogen and oxygen atoms in total. The molecule has 0 aliphatic carbocycles. The SMILES string of the molecule is Cl.O=C1CCNC(c2cccc(Br)c2)C1. The summed E-state index contributed by atoms with van der Waals surface area (Å²) in [5.41, 5.74) is 1.19. The zero-order chi connectivity index (χ0) is 9.97. The van der Waals surface area contributed by atoms with Gasteiger partial charge >= 0.3 is 0 Å². The van der Waals surface area contributed by atoms with Crippen molar-refractivity contribution >= 4 is 34.1 Å². The number of hydrogen-bond donors (Lipinski definition) is 1. The maximum Gasteiger partial charge on any atom is 0.136 e. The third kappa shape index (κ3) is 3.30. The quantitative estimate of drug-likeness (QED) is 0.862. The molecule has 1 aromatic rings. The fourth-order valence-corrected chi connectivity index (χ4v) is 2.16. The molecule has 0 aromatic heterocycles. The Kier molecular flexibility index (Phi) is 4.77. The average Bonchev–Trinajstić information content (AvgIpc) is 2.18. The second kappa shape index (κ2) is 5.64. The molecular formula is C11H13BrClNO. The normalized spacial score (nSPS) is 20.9. The van der Waals surface area contributed by atoms with E-state index in [9.17, 15) is 4.79 Å². The average molecular weight is 291 g/mol. The molecule has 1 saturated heterocycles. The van der Waals surface area contributed by atoms with Gasteiger partial charge in [0.25, 0.3) is 0 Å². The third-order valence-corrected chi connectivity index (χ3v) is 2.97. The summed E-state index contributed by atoms with van der Waals surface area (Å²) in [6, 6.07) is 8.32. The number of carbonyl (C=O) groups excluding carboxylic acids is 1. The molecule has 0 saturated carbocycles. The summed E-state index contributed by atoms with van der Waals surface area (Å²) in [7, 11) is 0. The van der Waals surface area contributed by atoms with E-state index >= 15 is 0 Å². The molecule has 1 aromatic carbocycles. The Balaban J connectivity index is 0.00000112. The number of benzene rings is 1. The number of rotatable bonds is 1. The first-order chi connectivity index (χ1) is 6.75. The van der Waals surface area contributed by atoms with Crippen LogP contribution in [-0.4, -0.2) is 12.3 Å². The molecule has 2 rings (SSSR count). The lowest BCUT2D eigenvalue weighted by atomic mass is 9.97. The van der Waals surface area contributed by atoms with Gasteiger partial charge in [-0.25, -0.2) is 0 Å². The third-order valence-electron chi connectivity index (χ3n) is 2.48. The van der Waals surface area contributed by atoms with Gasteiger partial charge in [0.1, 0.15) is 5.78 Å². The largest absolute Gasteiger partial charge is 0.309 e. The molecule has 1 heterocycles. The van der Waals surface area contributed by atoms with Crippen molar-refractivity contribution in [1.29, 1.82) is 0 Å². The highest BCUT2D eigenvalue weighted by atomic mass is 79.9. The molecule has 0 amide bonds. The van der Waals surface area contributed by atoms with Gasteiger partial charge < -0.3 is 5.32 Å². The van der Waals surface area contributed by atoms with Gasteiger partial charge in [-0.15, -0.1) is 12.4 Å². The summed E-state index contributed by atoms with van der Waals surface area (Å²) in [5, 5.41) is 3.35. The molecule has 0 spiro atoms. The van der Waals surface area contributed by atoms with Crippen molar-refractivity contribution in [3.63, 3.8) is 0 Å². The van der Waals surface area contributed by atoms with Crippen molar-refractivity contribution in [1.82, 2.24) is 5.32 Å². The summed E-state index contributed by atoms with van der Waals surface area (Å²) in [5.74, 6) is 0.355. The second-order valence-electron chi connectivity index (χ2n) is 3.55. The summed E-state index contributed by atoms with van der Waals surface area (Å²) in [4.78, 5) is 11.3. The van der Waals surface area contributed by atoms with Gasteiger partial charge in [-0.2, -0.15) is 0 Å². The minimum Gasteiger partial charge on any atom is -0.309 e. The summed E-state index contributed by atoms with van der Waals surface area (Å²) in [6.07, 6.45) is 1.29. The molecule has 0 radical (unpaired) electrons. The fourth-order valence-electron chi connectivity index (χ4n) is 1.75. The van der Waals surface area contributed by atoms with Crippen LogP contribution in [-0.2, 0) is 4.79 Å². The molecule has 1 fully saturated rings. The Hall–Kier alpha value is -0.380. The Labute approximate surface area is 104 Å². The van der Waals surface area contributed by atoms with Gasteiger partial charge in [0.05, 0.1) is 0 Å². The van der Waals surface area contributed by atoms with Crippen LogP contribution in [0.15, 0.2) is 28.7 Å². The first kappa shape index (κ1) is 12.7. The number of carbonyl (C=O) groups is 1. The van der Waals surface area contributed by atoms with Gasteiger partial charge in [-0.3, -0.25) is 4.79 Å². The lowest BCUT2D eigenvalue weighted by Crippen LogP contribution is -2.31. The van der Waals surface area contributed by atoms with E-state index in [1.165, 1.54) is 5.56 Å². The summed E-state index contributed by atoms with van der Waals surface area (Å²) >= 11 is 3.43. The molecule has 0 bridgehead atoms. The molecule has 1 aliphatic heterocycles. The molecule has 4 heteroatoms. The van der Waals surface area contributed by atoms with E-state index in [1.807, 2.05) is 12.1 Å². The maximum absolute atomic E-state index is 11.3. The molecule has 1 atom stereocenters. The number of hydrogen-bond acceptors (Lipinski definition) is 2. The van der Waals surface area contributed by atoms with Gasteiger partial charge in [0.15, 0.2) is 0 Å². The number of Topliss-reactive ketones (excluding diaryl/α,β-unsaturated/α-hetero) is 1. The van der Waals surface area contributed by atoms with E-state index in [2.05, 4.69) is 33.4 Å². The lowest BCUT2D eigenvalue weighted by molar-refractivity contribution is -0.120. The zero-order valence-corrected chi connectivity index (χ0v) is 10.6. The van der Waals surface area contributed by atoms with Crippen LogP contribution in [0.3, 0.4) is 0 Å². The van der Waals surface area contributed by atoms with E-state index in [0.29, 0.717) is 18.6 Å². The number of halogens is 2. The van der Waals surface area contributed by atoms with E-state index in [1.54, 1.807) is 0 Å². The number of piperidine rings is 1. The van der Waals surface area contributed by atoms with E-state index in [0.717, 1.165) is 11.0 Å². The first-order valence-electron chi connectivity index (χ1n) is 4.76. The zero-order valence-electron chi connectivity index (χ0n) is 8.20. The van der Waals surface area contributed by atoms with Crippen molar-refractivity contribution < 1.29 is 4.79 Å². The smallest absolute Gasteiger partial charge is 0.136 e. The molecule has 1 unspecified atom stereocenters. The summed E-state index contributed by atoms with van der Waals surface area (Å²) < 4.78 is 1.06. The highest BCUT2D eigenvalue weighted by Gasteiger charge is 2.19. The molecule has 1 N–H and O–H groups in total. The predicted molar refractivity (Wildman–Crippen MR) is 66.4 cm³/mol. The topological polar surface area (TPSA) is 29.1 Å². The van der Waals surface area contributed by atoms with Crippen LogP contribution in [0.1, 0.15) is 24.4 Å². The van der Waals surface area contributed by atoms with E-state index < -0.39 is 0 Å². The van der Waals surface area contributed by atoms with Crippen LogP contribution in [0.25, 0.3) is 0 Å². The van der Waals surface area contributed by atoms with E-state index in [-0.39, 0.29) is 18.4 Å². The number of ketones is 1. The molecular weight excluding hydrogens is 277 g/mol. The number of nitrogens with one attached hydrogen (secondary N) is 1. The van der Waals surface area contributed by atoms with Gasteiger partial charge in [-0.05, 0) is 17.7 Å². The molecule has 15 heavy (non-hydrogen) atoms. The van der Waals surface area contributed by atoms with Crippen molar-refractivity contribution in [3.8, 4) is 0 Å². The first-order valence-corrected chi connectivity index (χ1v) is 5.55.